The summed E-state index contributed by atoms with van der Waals surface area (Å²) in [5.74, 6) is 1.65. The zero-order valence-corrected chi connectivity index (χ0v) is 20.0. The van der Waals surface area contributed by atoms with Gasteiger partial charge < -0.3 is 24.8 Å². The van der Waals surface area contributed by atoms with Gasteiger partial charge in [0, 0.05) is 23.9 Å². The van der Waals surface area contributed by atoms with Crippen LogP contribution in [0.3, 0.4) is 0 Å². The van der Waals surface area contributed by atoms with Crippen molar-refractivity contribution < 1.29 is 19.0 Å². The average molecular weight is 429 g/mol. The smallest absolute Gasteiger partial charge is 0.238 e. The lowest BCUT2D eigenvalue weighted by Gasteiger charge is -2.25. The molecule has 2 rings (SSSR count). The Morgan fingerprint density at radius 3 is 1.90 bits per heavy atom. The molecule has 6 heteroatoms. The molecule has 1 amide bonds. The van der Waals surface area contributed by atoms with E-state index in [0.29, 0.717) is 28.9 Å². The summed E-state index contributed by atoms with van der Waals surface area (Å²) in [7, 11) is 4.63. The molecule has 0 spiro atoms. The Morgan fingerprint density at radius 1 is 0.935 bits per heavy atom. The number of hydrogen-bond donors (Lipinski definition) is 2. The molecular weight excluding hydrogens is 392 g/mol. The summed E-state index contributed by atoms with van der Waals surface area (Å²) in [4.78, 5) is 12.6. The highest BCUT2D eigenvalue weighted by Crippen LogP contribution is 2.39. The fourth-order valence-corrected chi connectivity index (χ4v) is 3.49. The molecule has 0 aromatic heterocycles. The van der Waals surface area contributed by atoms with E-state index in [1.807, 2.05) is 0 Å². The third-order valence-electron chi connectivity index (χ3n) is 5.23. The largest absolute Gasteiger partial charge is 0.493 e. The molecule has 6 nitrogen and oxygen atoms in total. The highest BCUT2D eigenvalue weighted by Gasteiger charge is 2.19. The third kappa shape index (κ3) is 6.37. The summed E-state index contributed by atoms with van der Waals surface area (Å²) in [6.07, 6.45) is 0. The van der Waals surface area contributed by atoms with Crippen LogP contribution in [0.15, 0.2) is 36.4 Å². The molecule has 2 aromatic carbocycles. The second kappa shape index (κ2) is 10.5. The van der Waals surface area contributed by atoms with E-state index < -0.39 is 0 Å². The van der Waals surface area contributed by atoms with E-state index in [0.717, 1.165) is 0 Å². The lowest BCUT2D eigenvalue weighted by atomic mass is 9.85. The first-order chi connectivity index (χ1) is 14.6. The number of nitrogens with one attached hydrogen (secondary N) is 2. The molecule has 1 unspecified atom stereocenters. The Kier molecular flexibility index (Phi) is 8.34. The van der Waals surface area contributed by atoms with Crippen LogP contribution in [-0.4, -0.2) is 33.8 Å². The van der Waals surface area contributed by atoms with Gasteiger partial charge in [0.2, 0.25) is 11.7 Å². The molecule has 0 aliphatic rings. The molecule has 1 atom stereocenters. The zero-order valence-electron chi connectivity index (χ0n) is 20.0. The summed E-state index contributed by atoms with van der Waals surface area (Å²) < 4.78 is 16.0. The molecule has 2 aromatic rings. The van der Waals surface area contributed by atoms with E-state index in [9.17, 15) is 4.79 Å². The van der Waals surface area contributed by atoms with Gasteiger partial charge in [-0.3, -0.25) is 4.79 Å². The quantitative estimate of drug-likeness (QED) is 0.592. The molecular formula is C25H36N2O4. The van der Waals surface area contributed by atoms with E-state index in [-0.39, 0.29) is 23.9 Å². The molecule has 0 saturated heterocycles. The van der Waals surface area contributed by atoms with Crippen LogP contribution in [0.4, 0.5) is 5.69 Å². The highest BCUT2D eigenvalue weighted by atomic mass is 16.5. The van der Waals surface area contributed by atoms with Gasteiger partial charge in [-0.1, -0.05) is 58.9 Å². The first-order valence-electron chi connectivity index (χ1n) is 10.5. The fraction of sp³-hybridized carbons (Fsp3) is 0.480. The number of hydrogen-bond acceptors (Lipinski definition) is 5. The summed E-state index contributed by atoms with van der Waals surface area (Å²) >= 11 is 0. The van der Waals surface area contributed by atoms with Gasteiger partial charge in [0.05, 0.1) is 27.9 Å². The van der Waals surface area contributed by atoms with Gasteiger partial charge in [-0.2, -0.15) is 0 Å². The van der Waals surface area contributed by atoms with Crippen LogP contribution in [-0.2, 0) is 10.2 Å². The topological polar surface area (TPSA) is 68.8 Å². The van der Waals surface area contributed by atoms with Crippen molar-refractivity contribution in [3.05, 3.63) is 47.5 Å². The van der Waals surface area contributed by atoms with Crippen LogP contribution in [0.25, 0.3) is 0 Å². The van der Waals surface area contributed by atoms with Crippen LogP contribution >= 0.6 is 0 Å². The van der Waals surface area contributed by atoms with Crippen molar-refractivity contribution in [3.63, 3.8) is 0 Å². The molecule has 0 radical (unpaired) electrons. The number of benzene rings is 2. The maximum absolute atomic E-state index is 12.6. The number of carbonyl (C=O) groups is 1. The van der Waals surface area contributed by atoms with Crippen molar-refractivity contribution in [1.29, 1.82) is 0 Å². The van der Waals surface area contributed by atoms with Gasteiger partial charge in [-0.25, -0.2) is 0 Å². The monoisotopic (exact) mass is 428 g/mol. The predicted octanol–water partition coefficient (Wildman–Crippen LogP) is 4.94. The number of carbonyl (C=O) groups excluding carboxylic acids is 1. The standard InChI is InChI=1S/C25H36N2O4/c1-16(2)23(17-9-11-18(12-10-17)25(3,4)5)26-15-22(28)27-19-13-20(29-6)24(31-8)21(14-19)30-7/h9-14,16,23,26H,15H2,1-8H3,(H,27,28). The van der Waals surface area contributed by atoms with Crippen molar-refractivity contribution in [3.8, 4) is 17.2 Å². The number of anilines is 1. The maximum atomic E-state index is 12.6. The maximum Gasteiger partial charge on any atom is 0.238 e. The van der Waals surface area contributed by atoms with Gasteiger partial charge in [-0.05, 0) is 22.5 Å². The van der Waals surface area contributed by atoms with Gasteiger partial charge in [0.25, 0.3) is 0 Å². The van der Waals surface area contributed by atoms with Crippen LogP contribution < -0.4 is 24.8 Å². The van der Waals surface area contributed by atoms with Gasteiger partial charge in [-0.15, -0.1) is 0 Å². The summed E-state index contributed by atoms with van der Waals surface area (Å²) in [5, 5.41) is 6.29. The van der Waals surface area contributed by atoms with E-state index in [4.69, 9.17) is 14.2 Å². The number of rotatable bonds is 9. The highest BCUT2D eigenvalue weighted by molar-refractivity contribution is 5.93. The van der Waals surface area contributed by atoms with Crippen LogP contribution in [0.2, 0.25) is 0 Å². The van der Waals surface area contributed by atoms with Crippen molar-refractivity contribution in [2.75, 3.05) is 33.2 Å². The number of methoxy groups -OCH3 is 3. The summed E-state index contributed by atoms with van der Waals surface area (Å²) in [6.45, 7) is 11.1. The van der Waals surface area contributed by atoms with E-state index in [1.54, 1.807) is 33.5 Å². The lowest BCUT2D eigenvalue weighted by Crippen LogP contribution is -2.33. The number of amides is 1. The molecule has 0 fully saturated rings. The Balaban J connectivity index is 2.09. The van der Waals surface area contributed by atoms with Crippen LogP contribution in [0.1, 0.15) is 51.8 Å². The first kappa shape index (κ1) is 24.5. The lowest BCUT2D eigenvalue weighted by molar-refractivity contribution is -0.115. The van der Waals surface area contributed by atoms with E-state index in [1.165, 1.54) is 11.1 Å². The fourth-order valence-electron chi connectivity index (χ4n) is 3.49. The molecule has 0 aliphatic carbocycles. The molecule has 170 valence electrons. The van der Waals surface area contributed by atoms with E-state index >= 15 is 0 Å². The minimum absolute atomic E-state index is 0.0692. The Morgan fingerprint density at radius 2 is 1.48 bits per heavy atom. The Bertz CT molecular complexity index is 845. The zero-order chi connectivity index (χ0) is 23.2. The van der Waals surface area contributed by atoms with Crippen molar-refractivity contribution >= 4 is 11.6 Å². The normalized spacial score (nSPS) is 12.4. The first-order valence-corrected chi connectivity index (χ1v) is 10.5. The SMILES string of the molecule is COc1cc(NC(=O)CNC(c2ccc(C(C)(C)C)cc2)C(C)C)cc(OC)c1OC. The molecule has 2 N–H and O–H groups in total. The van der Waals surface area contributed by atoms with Crippen molar-refractivity contribution in [1.82, 2.24) is 5.32 Å². The Hall–Kier alpha value is -2.73. The van der Waals surface area contributed by atoms with Crippen LogP contribution in [0, 0.1) is 5.92 Å². The minimum Gasteiger partial charge on any atom is -0.493 e. The van der Waals surface area contributed by atoms with Crippen molar-refractivity contribution in [2.45, 2.75) is 46.1 Å². The van der Waals surface area contributed by atoms with Gasteiger partial charge >= 0.3 is 0 Å². The molecule has 0 bridgehead atoms. The minimum atomic E-state index is -0.147. The molecule has 0 heterocycles. The predicted molar refractivity (Wildman–Crippen MR) is 125 cm³/mol. The number of ether oxygens (including phenoxy) is 3. The second-order valence-electron chi connectivity index (χ2n) is 8.94. The molecule has 0 aliphatic heterocycles. The summed E-state index contributed by atoms with van der Waals surface area (Å²) in [6, 6.07) is 12.1. The molecule has 31 heavy (non-hydrogen) atoms. The van der Waals surface area contributed by atoms with Gasteiger partial charge in [0.1, 0.15) is 0 Å². The van der Waals surface area contributed by atoms with Gasteiger partial charge in [0.15, 0.2) is 11.5 Å². The Labute approximate surface area is 186 Å². The third-order valence-corrected chi connectivity index (χ3v) is 5.23. The second-order valence-corrected chi connectivity index (χ2v) is 8.94. The van der Waals surface area contributed by atoms with Crippen molar-refractivity contribution in [2.24, 2.45) is 5.92 Å². The van der Waals surface area contributed by atoms with E-state index in [2.05, 4.69) is 69.5 Å². The van der Waals surface area contributed by atoms with Crippen LogP contribution in [0.5, 0.6) is 17.2 Å². The molecule has 0 saturated carbocycles. The average Bonchev–Trinajstić information content (AvgIpc) is 2.72. The summed E-state index contributed by atoms with van der Waals surface area (Å²) in [5.41, 5.74) is 3.15.